The van der Waals surface area contributed by atoms with Crippen LogP contribution in [0, 0.1) is 10.1 Å². The largest absolute Gasteiger partial charge is 0.383 e. The number of carbonyl (C=O) groups excluding carboxylic acids is 1. The Morgan fingerprint density at radius 1 is 1.08 bits per heavy atom. The molecule has 0 saturated heterocycles. The van der Waals surface area contributed by atoms with Crippen molar-refractivity contribution in [2.45, 2.75) is 0 Å². The number of benzene rings is 2. The van der Waals surface area contributed by atoms with Crippen LogP contribution in [0.3, 0.4) is 0 Å². The zero-order chi connectivity index (χ0) is 16.9. The van der Waals surface area contributed by atoms with Gasteiger partial charge in [0.25, 0.3) is 11.6 Å². The fourth-order valence-electron chi connectivity index (χ4n) is 2.44. The van der Waals surface area contributed by atoms with E-state index in [4.69, 9.17) is 0 Å². The fraction of sp³-hybridized carbons (Fsp3) is 0.118. The minimum absolute atomic E-state index is 0.0492. The average molecular weight is 324 g/mol. The molecule has 1 aromatic heterocycles. The maximum absolute atomic E-state index is 12.2. The summed E-state index contributed by atoms with van der Waals surface area (Å²) in [6, 6.07) is 13.8. The molecule has 3 aromatic rings. The molecule has 3 rings (SSSR count). The van der Waals surface area contributed by atoms with Crippen molar-refractivity contribution in [2.75, 3.05) is 18.4 Å². The van der Waals surface area contributed by atoms with Crippen molar-refractivity contribution in [1.82, 2.24) is 10.3 Å². The maximum Gasteiger partial charge on any atom is 0.269 e. The minimum Gasteiger partial charge on any atom is -0.383 e. The van der Waals surface area contributed by atoms with Gasteiger partial charge in [-0.25, -0.2) is 0 Å². The van der Waals surface area contributed by atoms with Gasteiger partial charge in [0, 0.05) is 48.0 Å². The molecule has 1 heterocycles. The van der Waals surface area contributed by atoms with Crippen molar-refractivity contribution in [3.8, 4) is 0 Å². The molecular weight excluding hydrogens is 308 g/mol. The Morgan fingerprint density at radius 2 is 1.83 bits per heavy atom. The monoisotopic (exact) mass is 324 g/mol. The molecule has 0 aliphatic heterocycles. The average Bonchev–Trinajstić information content (AvgIpc) is 3.03. The number of hydrogen-bond donors (Lipinski definition) is 3. The van der Waals surface area contributed by atoms with Gasteiger partial charge in [0.2, 0.25) is 0 Å². The van der Waals surface area contributed by atoms with Gasteiger partial charge in [-0.15, -0.1) is 0 Å². The third kappa shape index (κ3) is 3.35. The highest BCUT2D eigenvalue weighted by Gasteiger charge is 2.10. The van der Waals surface area contributed by atoms with Gasteiger partial charge in [-0.05, 0) is 18.2 Å². The molecule has 122 valence electrons. The van der Waals surface area contributed by atoms with E-state index in [1.807, 2.05) is 24.3 Å². The molecule has 0 spiro atoms. The number of rotatable bonds is 6. The van der Waals surface area contributed by atoms with Gasteiger partial charge in [-0.3, -0.25) is 14.9 Å². The minimum atomic E-state index is -0.439. The highest BCUT2D eigenvalue weighted by atomic mass is 16.6. The first-order chi connectivity index (χ1) is 11.6. The number of hydrogen-bond acceptors (Lipinski definition) is 4. The van der Waals surface area contributed by atoms with Crippen LogP contribution in [0.1, 0.15) is 10.4 Å². The van der Waals surface area contributed by atoms with Crippen LogP contribution in [0.25, 0.3) is 10.9 Å². The molecule has 0 saturated carbocycles. The van der Waals surface area contributed by atoms with E-state index in [1.165, 1.54) is 12.1 Å². The second-order valence-electron chi connectivity index (χ2n) is 5.23. The second-order valence-corrected chi connectivity index (χ2v) is 5.23. The van der Waals surface area contributed by atoms with Crippen LogP contribution in [0.2, 0.25) is 0 Å². The molecule has 0 unspecified atom stereocenters. The Hall–Kier alpha value is -3.35. The number of para-hydroxylation sites is 1. The Labute approximate surface area is 137 Å². The molecule has 24 heavy (non-hydrogen) atoms. The van der Waals surface area contributed by atoms with Gasteiger partial charge in [-0.2, -0.15) is 0 Å². The van der Waals surface area contributed by atoms with E-state index in [1.54, 1.807) is 18.3 Å². The number of nitro benzene ring substituents is 1. The molecule has 7 heteroatoms. The smallest absolute Gasteiger partial charge is 0.269 e. The number of nitro groups is 1. The van der Waals surface area contributed by atoms with Crippen molar-refractivity contribution in [1.29, 1.82) is 0 Å². The summed E-state index contributed by atoms with van der Waals surface area (Å²) < 4.78 is 0. The van der Waals surface area contributed by atoms with E-state index in [2.05, 4.69) is 15.6 Å². The number of aromatic nitrogens is 1. The first kappa shape index (κ1) is 15.5. The van der Waals surface area contributed by atoms with Crippen LogP contribution in [0.5, 0.6) is 0 Å². The van der Waals surface area contributed by atoms with E-state index in [0.29, 0.717) is 18.7 Å². The third-order valence-electron chi connectivity index (χ3n) is 3.65. The Morgan fingerprint density at radius 3 is 2.58 bits per heavy atom. The summed E-state index contributed by atoms with van der Waals surface area (Å²) in [5.74, 6) is -0.141. The Bertz CT molecular complexity index is 871. The summed E-state index contributed by atoms with van der Waals surface area (Å²) in [5, 5.41) is 17.4. The summed E-state index contributed by atoms with van der Waals surface area (Å²) in [4.78, 5) is 25.4. The Kier molecular flexibility index (Phi) is 4.42. The quantitative estimate of drug-likeness (QED) is 0.369. The van der Waals surface area contributed by atoms with E-state index in [-0.39, 0.29) is 11.6 Å². The number of aromatic amines is 1. The molecule has 2 aromatic carbocycles. The molecule has 3 N–H and O–H groups in total. The van der Waals surface area contributed by atoms with Crippen LogP contribution >= 0.6 is 0 Å². The highest BCUT2D eigenvalue weighted by Crippen LogP contribution is 2.17. The number of fused-ring (bicyclic) bond motifs is 1. The summed E-state index contributed by atoms with van der Waals surface area (Å²) in [5.41, 5.74) is 2.35. The molecule has 0 aliphatic rings. The normalized spacial score (nSPS) is 10.5. The summed E-state index contributed by atoms with van der Waals surface area (Å²) in [7, 11) is 0. The first-order valence-corrected chi connectivity index (χ1v) is 7.48. The maximum atomic E-state index is 12.2. The summed E-state index contributed by atoms with van der Waals surface area (Å²) >= 11 is 0. The number of nitrogens with zero attached hydrogens (tertiary/aromatic N) is 1. The molecule has 7 nitrogen and oxygen atoms in total. The topological polar surface area (TPSA) is 100 Å². The first-order valence-electron chi connectivity index (χ1n) is 7.48. The van der Waals surface area contributed by atoms with E-state index < -0.39 is 4.92 Å². The molecule has 0 aliphatic carbocycles. The van der Waals surface area contributed by atoms with Gasteiger partial charge in [-0.1, -0.05) is 18.2 Å². The van der Waals surface area contributed by atoms with Crippen LogP contribution in [0.15, 0.2) is 54.7 Å². The standard InChI is InChI=1S/C17H16N4O3/c22-17(15-11-20-16-4-2-1-3-14(15)16)19-10-9-18-12-5-7-13(8-6-12)21(23)24/h1-8,11,18,20H,9-10H2,(H,19,22). The van der Waals surface area contributed by atoms with Crippen LogP contribution < -0.4 is 10.6 Å². The lowest BCUT2D eigenvalue weighted by atomic mass is 10.1. The summed E-state index contributed by atoms with van der Waals surface area (Å²) in [6.07, 6.45) is 1.70. The van der Waals surface area contributed by atoms with Gasteiger partial charge in [0.05, 0.1) is 10.5 Å². The van der Waals surface area contributed by atoms with Crippen LogP contribution in [-0.2, 0) is 0 Å². The highest BCUT2D eigenvalue weighted by molar-refractivity contribution is 6.06. The number of carbonyl (C=O) groups is 1. The third-order valence-corrected chi connectivity index (χ3v) is 3.65. The lowest BCUT2D eigenvalue weighted by Crippen LogP contribution is -2.28. The predicted octanol–water partition coefficient (Wildman–Crippen LogP) is 2.92. The number of amides is 1. The second kappa shape index (κ2) is 6.82. The lowest BCUT2D eigenvalue weighted by molar-refractivity contribution is -0.384. The predicted molar refractivity (Wildman–Crippen MR) is 92.2 cm³/mol. The number of non-ortho nitro benzene ring substituents is 1. The SMILES string of the molecule is O=C(NCCNc1ccc([N+](=O)[O-])cc1)c1c[nH]c2ccccc12. The van der Waals surface area contributed by atoms with Crippen LogP contribution in [-0.4, -0.2) is 28.9 Å². The van der Waals surface area contributed by atoms with E-state index in [0.717, 1.165) is 16.6 Å². The molecule has 0 fully saturated rings. The number of nitrogens with one attached hydrogen (secondary N) is 3. The van der Waals surface area contributed by atoms with Crippen molar-refractivity contribution in [3.63, 3.8) is 0 Å². The van der Waals surface area contributed by atoms with Gasteiger partial charge in [0.1, 0.15) is 0 Å². The van der Waals surface area contributed by atoms with Gasteiger partial charge < -0.3 is 15.6 Å². The molecule has 0 radical (unpaired) electrons. The molecule has 0 atom stereocenters. The van der Waals surface area contributed by atoms with E-state index in [9.17, 15) is 14.9 Å². The zero-order valence-corrected chi connectivity index (χ0v) is 12.8. The number of anilines is 1. The Balaban J connectivity index is 1.51. The molecule has 0 bridgehead atoms. The fourth-order valence-corrected chi connectivity index (χ4v) is 2.44. The van der Waals surface area contributed by atoms with Gasteiger partial charge >= 0.3 is 0 Å². The number of H-pyrrole nitrogens is 1. The zero-order valence-electron chi connectivity index (χ0n) is 12.8. The molecular formula is C17H16N4O3. The van der Waals surface area contributed by atoms with Crippen molar-refractivity contribution >= 4 is 28.2 Å². The van der Waals surface area contributed by atoms with Crippen LogP contribution in [0.4, 0.5) is 11.4 Å². The van der Waals surface area contributed by atoms with Crippen molar-refractivity contribution < 1.29 is 9.72 Å². The lowest BCUT2D eigenvalue weighted by Gasteiger charge is -2.07. The van der Waals surface area contributed by atoms with E-state index >= 15 is 0 Å². The summed E-state index contributed by atoms with van der Waals surface area (Å²) in [6.45, 7) is 0.960. The van der Waals surface area contributed by atoms with Crippen molar-refractivity contribution in [2.24, 2.45) is 0 Å². The molecule has 1 amide bonds. The van der Waals surface area contributed by atoms with Gasteiger partial charge in [0.15, 0.2) is 0 Å². The van der Waals surface area contributed by atoms with Crippen molar-refractivity contribution in [3.05, 3.63) is 70.4 Å².